The average molecular weight is 683 g/mol. The van der Waals surface area contributed by atoms with Crippen LogP contribution in [-0.4, -0.2) is 74.4 Å². The van der Waals surface area contributed by atoms with Crippen molar-refractivity contribution in [3.05, 3.63) is 126 Å². The molecule has 9 heteroatoms. The molecule has 3 aromatic carbocycles. The van der Waals surface area contributed by atoms with Gasteiger partial charge in [-0.25, -0.2) is 0 Å². The van der Waals surface area contributed by atoms with Gasteiger partial charge in [-0.1, -0.05) is 127 Å². The third-order valence-corrected chi connectivity index (χ3v) is 5.65. The van der Waals surface area contributed by atoms with Crippen molar-refractivity contribution in [2.24, 2.45) is 0 Å². The molecule has 0 aliphatic carbocycles. The Morgan fingerprint density at radius 2 is 0.644 bits per heavy atom. The van der Waals surface area contributed by atoms with Gasteiger partial charge in [0, 0.05) is 39.5 Å². The van der Waals surface area contributed by atoms with Crippen LogP contribution < -0.4 is 16.0 Å². The molecular formula is C36H54Cl3N3O3. The first-order chi connectivity index (χ1) is 20.8. The highest BCUT2D eigenvalue weighted by molar-refractivity contribution is 5.86. The van der Waals surface area contributed by atoms with Gasteiger partial charge in [-0.05, 0) is 55.6 Å². The highest BCUT2D eigenvalue weighted by atomic mass is 35.5. The number of aliphatic hydroxyl groups excluding tert-OH is 3. The first-order valence-electron chi connectivity index (χ1n) is 14.9. The molecule has 0 fully saturated rings. The van der Waals surface area contributed by atoms with Gasteiger partial charge in [0.15, 0.2) is 0 Å². The first kappa shape index (κ1) is 46.9. The Bertz CT molecular complexity index is 921. The van der Waals surface area contributed by atoms with Crippen LogP contribution in [0.3, 0.4) is 0 Å². The molecule has 0 spiro atoms. The van der Waals surface area contributed by atoms with Crippen molar-refractivity contribution in [1.29, 1.82) is 0 Å². The maximum absolute atomic E-state index is 8.54. The Labute approximate surface area is 290 Å². The maximum atomic E-state index is 8.54. The van der Waals surface area contributed by atoms with Gasteiger partial charge in [0.1, 0.15) is 0 Å². The Kier molecular flexibility index (Phi) is 39.3. The molecule has 6 nitrogen and oxygen atoms in total. The summed E-state index contributed by atoms with van der Waals surface area (Å²) in [5.74, 6) is 0. The van der Waals surface area contributed by atoms with E-state index in [9.17, 15) is 0 Å². The highest BCUT2D eigenvalue weighted by Gasteiger charge is 1.86. The third kappa shape index (κ3) is 31.3. The van der Waals surface area contributed by atoms with Gasteiger partial charge in [-0.3, -0.25) is 0 Å². The standard InChI is InChI=1S/3C12H17NO.3ClH/c3*14-11-5-10-13-9-4-8-12-6-2-1-3-7-12;;;/h3*1-4,6-8,13-14H,5,9-11H2;3*1H. The van der Waals surface area contributed by atoms with Crippen LogP contribution >= 0.6 is 37.2 Å². The summed E-state index contributed by atoms with van der Waals surface area (Å²) in [4.78, 5) is 0. The number of aliphatic hydroxyl groups is 3. The fourth-order valence-corrected chi connectivity index (χ4v) is 3.45. The van der Waals surface area contributed by atoms with Gasteiger partial charge in [0.05, 0.1) is 0 Å². The van der Waals surface area contributed by atoms with E-state index in [-0.39, 0.29) is 57.0 Å². The fraction of sp³-hybridized carbons (Fsp3) is 0.333. The van der Waals surface area contributed by atoms with Crippen LogP contribution in [0.1, 0.15) is 36.0 Å². The lowest BCUT2D eigenvalue weighted by atomic mass is 10.2. The van der Waals surface area contributed by atoms with Gasteiger partial charge >= 0.3 is 0 Å². The summed E-state index contributed by atoms with van der Waals surface area (Å²) in [6.45, 7) is 5.96. The third-order valence-electron chi connectivity index (χ3n) is 5.65. The van der Waals surface area contributed by atoms with Gasteiger partial charge in [-0.2, -0.15) is 0 Å². The summed E-state index contributed by atoms with van der Waals surface area (Å²) in [6, 6.07) is 30.6. The van der Waals surface area contributed by atoms with Gasteiger partial charge in [0.25, 0.3) is 0 Å². The van der Waals surface area contributed by atoms with Gasteiger partial charge in [0.2, 0.25) is 0 Å². The van der Waals surface area contributed by atoms with Crippen LogP contribution in [0.15, 0.2) is 109 Å². The van der Waals surface area contributed by atoms with Crippen molar-refractivity contribution >= 4 is 55.4 Å². The second kappa shape index (κ2) is 37.7. The van der Waals surface area contributed by atoms with Crippen LogP contribution in [0.2, 0.25) is 0 Å². The minimum absolute atomic E-state index is 0. The molecule has 0 amide bonds. The molecule has 3 aromatic rings. The van der Waals surface area contributed by atoms with E-state index in [0.29, 0.717) is 0 Å². The van der Waals surface area contributed by atoms with Crippen LogP contribution in [0.25, 0.3) is 18.2 Å². The van der Waals surface area contributed by atoms with Crippen molar-refractivity contribution in [2.45, 2.75) is 19.3 Å². The molecule has 0 aliphatic heterocycles. The lowest BCUT2D eigenvalue weighted by Gasteiger charge is -1.97. The smallest absolute Gasteiger partial charge is 0.0443 e. The number of halogens is 3. The topological polar surface area (TPSA) is 96.8 Å². The van der Waals surface area contributed by atoms with E-state index in [1.807, 2.05) is 54.6 Å². The molecular weight excluding hydrogens is 629 g/mol. The molecule has 0 saturated heterocycles. The minimum Gasteiger partial charge on any atom is -0.396 e. The molecule has 0 aliphatic rings. The van der Waals surface area contributed by atoms with Crippen molar-refractivity contribution in [1.82, 2.24) is 16.0 Å². The van der Waals surface area contributed by atoms with Crippen LogP contribution in [-0.2, 0) is 0 Å². The largest absolute Gasteiger partial charge is 0.396 e. The summed E-state index contributed by atoms with van der Waals surface area (Å²) in [5, 5.41) is 35.3. The Morgan fingerprint density at radius 3 is 0.867 bits per heavy atom. The molecule has 0 heterocycles. The zero-order chi connectivity index (χ0) is 30.2. The van der Waals surface area contributed by atoms with Crippen LogP contribution in [0.4, 0.5) is 0 Å². The van der Waals surface area contributed by atoms with Crippen molar-refractivity contribution in [3.8, 4) is 0 Å². The van der Waals surface area contributed by atoms with E-state index in [2.05, 4.69) is 88.8 Å². The summed E-state index contributed by atoms with van der Waals surface area (Å²) in [5.41, 5.74) is 3.66. The van der Waals surface area contributed by atoms with E-state index in [1.165, 1.54) is 16.7 Å². The Morgan fingerprint density at radius 1 is 0.400 bits per heavy atom. The second-order valence-corrected chi connectivity index (χ2v) is 9.28. The monoisotopic (exact) mass is 681 g/mol. The summed E-state index contributed by atoms with van der Waals surface area (Å²) in [7, 11) is 0. The number of benzene rings is 3. The Hall–Kier alpha value is -2.49. The predicted molar refractivity (Wildman–Crippen MR) is 202 cm³/mol. The molecule has 6 N–H and O–H groups in total. The number of hydrogen-bond donors (Lipinski definition) is 6. The van der Waals surface area contributed by atoms with E-state index in [1.54, 1.807) is 0 Å². The first-order valence-corrected chi connectivity index (χ1v) is 14.9. The second-order valence-electron chi connectivity index (χ2n) is 9.28. The predicted octanol–water partition coefficient (Wildman–Crippen LogP) is 6.28. The molecule has 45 heavy (non-hydrogen) atoms. The molecule has 0 bridgehead atoms. The quantitative estimate of drug-likeness (QED) is 0.0885. The normalized spacial score (nSPS) is 10.2. The Balaban J connectivity index is -0.000000569. The summed E-state index contributed by atoms with van der Waals surface area (Å²) >= 11 is 0. The molecule has 3 rings (SSSR count). The zero-order valence-corrected chi connectivity index (χ0v) is 28.6. The van der Waals surface area contributed by atoms with Crippen molar-refractivity contribution in [3.63, 3.8) is 0 Å². The molecule has 0 unspecified atom stereocenters. The molecule has 0 saturated carbocycles. The van der Waals surface area contributed by atoms with E-state index in [0.717, 1.165) is 58.5 Å². The lowest BCUT2D eigenvalue weighted by Crippen LogP contribution is -2.15. The summed E-state index contributed by atoms with van der Waals surface area (Å²) < 4.78 is 0. The molecule has 252 valence electrons. The molecule has 0 atom stereocenters. The van der Waals surface area contributed by atoms with Crippen LogP contribution in [0.5, 0.6) is 0 Å². The van der Waals surface area contributed by atoms with Crippen molar-refractivity contribution in [2.75, 3.05) is 59.1 Å². The maximum Gasteiger partial charge on any atom is 0.0443 e. The van der Waals surface area contributed by atoms with E-state index < -0.39 is 0 Å². The zero-order valence-electron chi connectivity index (χ0n) is 26.2. The lowest BCUT2D eigenvalue weighted by molar-refractivity contribution is 0.286. The average Bonchev–Trinajstić information content (AvgIpc) is 3.04. The van der Waals surface area contributed by atoms with Crippen LogP contribution in [0, 0.1) is 0 Å². The number of nitrogens with one attached hydrogen (secondary N) is 3. The minimum atomic E-state index is 0. The fourth-order valence-electron chi connectivity index (χ4n) is 3.45. The molecule has 0 radical (unpaired) electrons. The molecule has 0 aromatic heterocycles. The van der Waals surface area contributed by atoms with E-state index >= 15 is 0 Å². The summed E-state index contributed by atoms with van der Waals surface area (Å²) in [6.07, 6.45) is 15.0. The number of hydrogen-bond acceptors (Lipinski definition) is 6. The van der Waals surface area contributed by atoms with Gasteiger partial charge in [-0.15, -0.1) is 37.2 Å². The van der Waals surface area contributed by atoms with Gasteiger partial charge < -0.3 is 31.3 Å². The SMILES string of the molecule is Cl.Cl.Cl.OCCCNCC=Cc1ccccc1.OCCCNCC=Cc1ccccc1.OCCCNCC=Cc1ccccc1. The highest BCUT2D eigenvalue weighted by Crippen LogP contribution is 2.01. The van der Waals surface area contributed by atoms with E-state index in [4.69, 9.17) is 15.3 Å². The van der Waals surface area contributed by atoms with Crippen molar-refractivity contribution < 1.29 is 15.3 Å². The number of rotatable bonds is 18.